The lowest BCUT2D eigenvalue weighted by Gasteiger charge is -2.25. The van der Waals surface area contributed by atoms with Crippen molar-refractivity contribution in [2.75, 3.05) is 0 Å². The smallest absolute Gasteiger partial charge is 0.129 e. The Kier molecular flexibility index (Phi) is 4.90. The van der Waals surface area contributed by atoms with Crippen molar-refractivity contribution in [2.45, 2.75) is 45.4 Å². The van der Waals surface area contributed by atoms with E-state index in [1.54, 1.807) is 18.2 Å². The average Bonchev–Trinajstić information content (AvgIpc) is 2.25. The molecule has 0 saturated heterocycles. The van der Waals surface area contributed by atoms with E-state index in [-0.39, 0.29) is 17.9 Å². The minimum atomic E-state index is -0.798. The van der Waals surface area contributed by atoms with Crippen molar-refractivity contribution >= 4 is 0 Å². The van der Waals surface area contributed by atoms with Gasteiger partial charge in [0, 0.05) is 17.6 Å². The Morgan fingerprint density at radius 2 is 1.94 bits per heavy atom. The molecule has 0 aliphatic carbocycles. The lowest BCUT2D eigenvalue weighted by atomic mass is 9.99. The van der Waals surface area contributed by atoms with Gasteiger partial charge in [0.25, 0.3) is 0 Å². The molecule has 2 atom stereocenters. The summed E-state index contributed by atoms with van der Waals surface area (Å²) in [6.45, 7) is 6.00. The van der Waals surface area contributed by atoms with Crippen LogP contribution in [0, 0.1) is 5.82 Å². The molecular weight excluding hydrogens is 205 g/mol. The molecule has 0 fully saturated rings. The highest BCUT2D eigenvalue weighted by Gasteiger charge is 2.21. The predicted molar refractivity (Wildman–Crippen MR) is 63.7 cm³/mol. The van der Waals surface area contributed by atoms with Gasteiger partial charge in [-0.25, -0.2) is 4.39 Å². The van der Waals surface area contributed by atoms with Gasteiger partial charge < -0.3 is 10.4 Å². The highest BCUT2D eigenvalue weighted by molar-refractivity contribution is 5.21. The monoisotopic (exact) mass is 225 g/mol. The molecule has 0 amide bonds. The number of hydrogen-bond donors (Lipinski definition) is 2. The fourth-order valence-corrected chi connectivity index (χ4v) is 1.79. The fourth-order valence-electron chi connectivity index (χ4n) is 1.79. The molecule has 0 aliphatic rings. The van der Waals surface area contributed by atoms with Crippen LogP contribution < -0.4 is 5.32 Å². The summed E-state index contributed by atoms with van der Waals surface area (Å²) in [6.07, 6.45) is -0.0400. The second-order valence-electron chi connectivity index (χ2n) is 4.30. The first-order valence-electron chi connectivity index (χ1n) is 5.74. The van der Waals surface area contributed by atoms with Crippen molar-refractivity contribution in [2.24, 2.45) is 0 Å². The molecule has 1 aromatic rings. The first-order valence-corrected chi connectivity index (χ1v) is 5.74. The topological polar surface area (TPSA) is 32.3 Å². The largest absolute Gasteiger partial charge is 0.387 e. The van der Waals surface area contributed by atoms with Gasteiger partial charge in [-0.2, -0.15) is 0 Å². The third-order valence-electron chi connectivity index (χ3n) is 2.59. The van der Waals surface area contributed by atoms with Crippen LogP contribution in [0.5, 0.6) is 0 Å². The molecule has 2 unspecified atom stereocenters. The Morgan fingerprint density at radius 1 is 1.31 bits per heavy atom. The van der Waals surface area contributed by atoms with Crippen LogP contribution in [0.2, 0.25) is 0 Å². The summed E-state index contributed by atoms with van der Waals surface area (Å²) in [4.78, 5) is 0. The molecule has 2 nitrogen and oxygen atoms in total. The van der Waals surface area contributed by atoms with Gasteiger partial charge >= 0.3 is 0 Å². The van der Waals surface area contributed by atoms with Crippen molar-refractivity contribution in [1.82, 2.24) is 5.32 Å². The second kappa shape index (κ2) is 5.97. The molecule has 1 aromatic carbocycles. The van der Waals surface area contributed by atoms with Gasteiger partial charge in [-0.3, -0.25) is 0 Å². The lowest BCUT2D eigenvalue weighted by molar-refractivity contribution is 0.118. The summed E-state index contributed by atoms with van der Waals surface area (Å²) < 4.78 is 13.5. The van der Waals surface area contributed by atoms with Gasteiger partial charge in [-0.15, -0.1) is 0 Å². The van der Waals surface area contributed by atoms with E-state index in [0.29, 0.717) is 5.56 Å². The van der Waals surface area contributed by atoms with Gasteiger partial charge in [-0.05, 0) is 12.5 Å². The molecule has 0 bridgehead atoms. The van der Waals surface area contributed by atoms with Gasteiger partial charge in [0.2, 0.25) is 0 Å². The van der Waals surface area contributed by atoms with Crippen LogP contribution in [-0.4, -0.2) is 17.2 Å². The van der Waals surface area contributed by atoms with Crippen LogP contribution in [0.25, 0.3) is 0 Å². The normalized spacial score (nSPS) is 15.1. The van der Waals surface area contributed by atoms with Crippen LogP contribution in [0.3, 0.4) is 0 Å². The third-order valence-corrected chi connectivity index (χ3v) is 2.59. The van der Waals surface area contributed by atoms with Crippen molar-refractivity contribution < 1.29 is 9.50 Å². The minimum Gasteiger partial charge on any atom is -0.387 e. The maximum Gasteiger partial charge on any atom is 0.129 e. The van der Waals surface area contributed by atoms with Crippen LogP contribution in [0.1, 0.15) is 38.9 Å². The van der Waals surface area contributed by atoms with Gasteiger partial charge in [0.05, 0.1) is 6.10 Å². The third kappa shape index (κ3) is 3.29. The lowest BCUT2D eigenvalue weighted by Crippen LogP contribution is -2.39. The Balaban J connectivity index is 2.82. The number of nitrogens with one attached hydrogen (secondary N) is 1. The van der Waals surface area contributed by atoms with Gasteiger partial charge in [-0.1, -0.05) is 39.0 Å². The van der Waals surface area contributed by atoms with E-state index in [0.717, 1.165) is 6.42 Å². The van der Waals surface area contributed by atoms with E-state index >= 15 is 0 Å². The second-order valence-corrected chi connectivity index (χ2v) is 4.30. The van der Waals surface area contributed by atoms with E-state index in [9.17, 15) is 9.50 Å². The molecule has 0 aromatic heterocycles. The maximum absolute atomic E-state index is 13.5. The zero-order valence-corrected chi connectivity index (χ0v) is 10.1. The maximum atomic E-state index is 13.5. The summed E-state index contributed by atoms with van der Waals surface area (Å²) >= 11 is 0. The molecular formula is C13H20FNO. The molecule has 0 spiro atoms. The van der Waals surface area contributed by atoms with Crippen LogP contribution >= 0.6 is 0 Å². The van der Waals surface area contributed by atoms with Gasteiger partial charge in [0.1, 0.15) is 5.82 Å². The van der Waals surface area contributed by atoms with Crippen LogP contribution in [0.4, 0.5) is 4.39 Å². The number of aliphatic hydroxyl groups is 1. The first kappa shape index (κ1) is 13.1. The molecule has 90 valence electrons. The van der Waals surface area contributed by atoms with E-state index in [4.69, 9.17) is 0 Å². The Labute approximate surface area is 96.5 Å². The highest BCUT2D eigenvalue weighted by atomic mass is 19.1. The highest BCUT2D eigenvalue weighted by Crippen LogP contribution is 2.21. The fraction of sp³-hybridized carbons (Fsp3) is 0.538. The SMILES string of the molecule is CCC(NC(C)C)C(O)c1ccccc1F. The summed E-state index contributed by atoms with van der Waals surface area (Å²) in [6, 6.07) is 6.53. The molecule has 0 saturated carbocycles. The predicted octanol–water partition coefficient (Wildman–Crippen LogP) is 2.64. The van der Waals surface area contributed by atoms with Crippen molar-refractivity contribution in [3.63, 3.8) is 0 Å². The van der Waals surface area contributed by atoms with Gasteiger partial charge in [0.15, 0.2) is 0 Å². The summed E-state index contributed by atoms with van der Waals surface area (Å²) in [7, 11) is 0. The van der Waals surface area contributed by atoms with E-state index in [2.05, 4.69) is 5.32 Å². The van der Waals surface area contributed by atoms with E-state index < -0.39 is 6.10 Å². The number of benzene rings is 1. The number of hydrogen-bond acceptors (Lipinski definition) is 2. The molecule has 0 heterocycles. The Bertz CT molecular complexity index is 327. The van der Waals surface area contributed by atoms with Crippen molar-refractivity contribution in [3.8, 4) is 0 Å². The molecule has 2 N–H and O–H groups in total. The zero-order valence-electron chi connectivity index (χ0n) is 10.1. The van der Waals surface area contributed by atoms with Crippen molar-refractivity contribution in [3.05, 3.63) is 35.6 Å². The number of aliphatic hydroxyl groups excluding tert-OH is 1. The summed E-state index contributed by atoms with van der Waals surface area (Å²) in [5, 5.41) is 13.3. The number of halogens is 1. The van der Waals surface area contributed by atoms with E-state index in [1.807, 2.05) is 20.8 Å². The summed E-state index contributed by atoms with van der Waals surface area (Å²) in [5.41, 5.74) is 0.363. The number of rotatable bonds is 5. The molecule has 0 aliphatic heterocycles. The van der Waals surface area contributed by atoms with Crippen molar-refractivity contribution in [1.29, 1.82) is 0 Å². The molecule has 16 heavy (non-hydrogen) atoms. The van der Waals surface area contributed by atoms with Crippen LogP contribution in [-0.2, 0) is 0 Å². The standard InChI is InChI=1S/C13H20FNO/c1-4-12(15-9(2)3)13(16)10-7-5-6-8-11(10)14/h5-9,12-13,15-16H,4H2,1-3H3. The Hall–Kier alpha value is -0.930. The first-order chi connectivity index (χ1) is 7.56. The average molecular weight is 225 g/mol. The summed E-state index contributed by atoms with van der Waals surface area (Å²) in [5.74, 6) is -0.348. The zero-order chi connectivity index (χ0) is 12.1. The quantitative estimate of drug-likeness (QED) is 0.807. The van der Waals surface area contributed by atoms with E-state index in [1.165, 1.54) is 6.07 Å². The van der Waals surface area contributed by atoms with Crippen LogP contribution in [0.15, 0.2) is 24.3 Å². The minimum absolute atomic E-state index is 0.114. The Morgan fingerprint density at radius 3 is 2.44 bits per heavy atom. The molecule has 1 rings (SSSR count). The molecule has 0 radical (unpaired) electrons. The molecule has 3 heteroatoms.